The van der Waals surface area contributed by atoms with Gasteiger partial charge >= 0.3 is 6.18 Å². The molecule has 0 saturated carbocycles. The number of nitrogens with one attached hydrogen (secondary N) is 1. The van der Waals surface area contributed by atoms with E-state index in [1.54, 1.807) is 6.20 Å². The number of piperidine rings is 1. The van der Waals surface area contributed by atoms with Crippen molar-refractivity contribution in [2.24, 2.45) is 5.92 Å². The maximum absolute atomic E-state index is 12.3. The van der Waals surface area contributed by atoms with Gasteiger partial charge in [-0.3, -0.25) is 14.7 Å². The number of rotatable bonds is 6. The molecule has 2 rings (SSSR count). The van der Waals surface area contributed by atoms with E-state index in [4.69, 9.17) is 0 Å². The minimum absolute atomic E-state index is 0.0322. The number of pyridine rings is 1. The molecular weight excluding hydrogens is 307 g/mol. The van der Waals surface area contributed by atoms with Gasteiger partial charge in [0.1, 0.15) is 0 Å². The number of aromatic nitrogens is 1. The molecule has 0 bridgehead atoms. The maximum atomic E-state index is 12.3. The Morgan fingerprint density at radius 3 is 2.65 bits per heavy atom. The molecule has 1 aromatic rings. The van der Waals surface area contributed by atoms with E-state index in [2.05, 4.69) is 10.3 Å². The lowest BCUT2D eigenvalue weighted by Gasteiger charge is -2.32. The number of carbonyl (C=O) groups excluding carboxylic acids is 1. The van der Waals surface area contributed by atoms with Gasteiger partial charge < -0.3 is 5.32 Å². The molecule has 4 nitrogen and oxygen atoms in total. The highest BCUT2D eigenvalue weighted by Gasteiger charge is 2.32. The molecule has 1 aliphatic heterocycles. The average molecular weight is 329 g/mol. The summed E-state index contributed by atoms with van der Waals surface area (Å²) in [5, 5.41) is 2.86. The molecule has 0 radical (unpaired) electrons. The predicted molar refractivity (Wildman–Crippen MR) is 80.8 cm³/mol. The maximum Gasteiger partial charge on any atom is 0.401 e. The quantitative estimate of drug-likeness (QED) is 0.872. The van der Waals surface area contributed by atoms with Crippen molar-refractivity contribution in [1.29, 1.82) is 0 Å². The van der Waals surface area contributed by atoms with Crippen molar-refractivity contribution in [1.82, 2.24) is 15.2 Å². The summed E-state index contributed by atoms with van der Waals surface area (Å²) in [6, 6.07) is 5.65. The van der Waals surface area contributed by atoms with E-state index in [1.807, 2.05) is 18.2 Å². The van der Waals surface area contributed by atoms with E-state index in [1.165, 1.54) is 4.90 Å². The molecule has 1 fully saturated rings. The van der Waals surface area contributed by atoms with Crippen LogP contribution in [0.25, 0.3) is 0 Å². The summed E-state index contributed by atoms with van der Waals surface area (Å²) >= 11 is 0. The van der Waals surface area contributed by atoms with Crippen molar-refractivity contribution in [3.63, 3.8) is 0 Å². The van der Waals surface area contributed by atoms with Crippen LogP contribution in [0.3, 0.4) is 0 Å². The van der Waals surface area contributed by atoms with Gasteiger partial charge in [0.05, 0.1) is 6.54 Å². The number of amides is 1. The Balaban J connectivity index is 1.61. The van der Waals surface area contributed by atoms with Crippen LogP contribution in [0.1, 0.15) is 25.0 Å². The molecule has 0 aromatic carbocycles. The third kappa shape index (κ3) is 6.99. The van der Waals surface area contributed by atoms with E-state index in [0.717, 1.165) is 5.69 Å². The molecule has 0 aliphatic carbocycles. The smallest absolute Gasteiger partial charge is 0.356 e. The van der Waals surface area contributed by atoms with Gasteiger partial charge in [-0.25, -0.2) is 0 Å². The van der Waals surface area contributed by atoms with E-state index in [0.29, 0.717) is 45.3 Å². The molecular formula is C16H22F3N3O. The lowest BCUT2D eigenvalue weighted by atomic mass is 9.93. The molecule has 23 heavy (non-hydrogen) atoms. The van der Waals surface area contributed by atoms with Crippen LogP contribution in [0.4, 0.5) is 13.2 Å². The van der Waals surface area contributed by atoms with Gasteiger partial charge in [0, 0.05) is 31.3 Å². The van der Waals surface area contributed by atoms with Crippen LogP contribution >= 0.6 is 0 Å². The first-order chi connectivity index (χ1) is 10.9. The van der Waals surface area contributed by atoms with Gasteiger partial charge in [0.25, 0.3) is 0 Å². The molecule has 128 valence electrons. The highest BCUT2D eigenvalue weighted by atomic mass is 19.4. The zero-order valence-electron chi connectivity index (χ0n) is 13.0. The number of likely N-dealkylation sites (tertiary alicyclic amines) is 1. The van der Waals surface area contributed by atoms with Crippen LogP contribution in [0, 0.1) is 5.92 Å². The van der Waals surface area contributed by atoms with E-state index >= 15 is 0 Å². The number of nitrogens with zero attached hydrogens (tertiary/aromatic N) is 2. The molecule has 1 amide bonds. The van der Waals surface area contributed by atoms with Gasteiger partial charge in [-0.2, -0.15) is 13.2 Å². The fourth-order valence-corrected chi connectivity index (χ4v) is 2.81. The summed E-state index contributed by atoms with van der Waals surface area (Å²) in [5.74, 6) is 0.143. The monoisotopic (exact) mass is 329 g/mol. The first-order valence-electron chi connectivity index (χ1n) is 7.88. The summed E-state index contributed by atoms with van der Waals surface area (Å²) in [7, 11) is 0. The third-order valence-electron chi connectivity index (χ3n) is 4.01. The van der Waals surface area contributed by atoms with Crippen LogP contribution in [-0.2, 0) is 11.2 Å². The van der Waals surface area contributed by atoms with E-state index < -0.39 is 12.7 Å². The van der Waals surface area contributed by atoms with Crippen LogP contribution in [0.2, 0.25) is 0 Å². The summed E-state index contributed by atoms with van der Waals surface area (Å²) in [5.41, 5.74) is 0.924. The van der Waals surface area contributed by atoms with Crippen molar-refractivity contribution >= 4 is 5.91 Å². The van der Waals surface area contributed by atoms with Crippen LogP contribution < -0.4 is 5.32 Å². The van der Waals surface area contributed by atoms with Crippen LogP contribution in [0.5, 0.6) is 0 Å². The molecule has 1 aromatic heterocycles. The summed E-state index contributed by atoms with van der Waals surface area (Å²) in [4.78, 5) is 17.5. The lowest BCUT2D eigenvalue weighted by Crippen LogP contribution is -2.41. The standard InChI is InChI=1S/C16H22F3N3O/c17-16(18,19)12-22-9-5-13(6-10-22)11-15(23)21-8-4-14-3-1-2-7-20-14/h1-3,7,13H,4-6,8-12H2,(H,21,23). The molecule has 0 unspecified atom stereocenters. The van der Waals surface area contributed by atoms with E-state index in [9.17, 15) is 18.0 Å². The van der Waals surface area contributed by atoms with Crippen molar-refractivity contribution in [2.45, 2.75) is 31.9 Å². The zero-order chi connectivity index (χ0) is 16.7. The molecule has 0 atom stereocenters. The average Bonchev–Trinajstić information content (AvgIpc) is 2.49. The predicted octanol–water partition coefficient (Wildman–Crippen LogP) is 2.40. The highest BCUT2D eigenvalue weighted by Crippen LogP contribution is 2.24. The summed E-state index contributed by atoms with van der Waals surface area (Å²) in [6.45, 7) is 0.496. The third-order valence-corrected chi connectivity index (χ3v) is 4.01. The van der Waals surface area contributed by atoms with Gasteiger partial charge in [-0.1, -0.05) is 6.07 Å². The fraction of sp³-hybridized carbons (Fsp3) is 0.625. The molecule has 1 saturated heterocycles. The molecule has 1 N–H and O–H groups in total. The molecule has 7 heteroatoms. The summed E-state index contributed by atoms with van der Waals surface area (Å²) < 4.78 is 36.9. The Kier molecular flexibility index (Phi) is 6.38. The van der Waals surface area contributed by atoms with Gasteiger partial charge in [-0.15, -0.1) is 0 Å². The Bertz CT molecular complexity index is 485. The van der Waals surface area contributed by atoms with Gasteiger partial charge in [0.2, 0.25) is 5.91 Å². The number of halogens is 3. The molecule has 2 heterocycles. The van der Waals surface area contributed by atoms with Crippen LogP contribution in [-0.4, -0.2) is 48.1 Å². The van der Waals surface area contributed by atoms with E-state index in [-0.39, 0.29) is 11.8 Å². The first kappa shape index (κ1) is 17.7. The SMILES string of the molecule is O=C(CC1CCN(CC(F)(F)F)CC1)NCCc1ccccn1. The second-order valence-corrected chi connectivity index (χ2v) is 5.96. The summed E-state index contributed by atoms with van der Waals surface area (Å²) in [6.07, 6.45) is -0.0757. The first-order valence-corrected chi connectivity index (χ1v) is 7.88. The van der Waals surface area contributed by atoms with Crippen molar-refractivity contribution in [3.8, 4) is 0 Å². The van der Waals surface area contributed by atoms with Crippen molar-refractivity contribution in [2.75, 3.05) is 26.2 Å². The number of hydrogen-bond acceptors (Lipinski definition) is 3. The second kappa shape index (κ2) is 8.29. The fourth-order valence-electron chi connectivity index (χ4n) is 2.81. The van der Waals surface area contributed by atoms with Crippen LogP contribution in [0.15, 0.2) is 24.4 Å². The zero-order valence-corrected chi connectivity index (χ0v) is 13.0. The minimum Gasteiger partial charge on any atom is -0.356 e. The Hall–Kier alpha value is -1.63. The Labute approximate surface area is 134 Å². The number of hydrogen-bond donors (Lipinski definition) is 1. The van der Waals surface area contributed by atoms with Crippen molar-refractivity contribution < 1.29 is 18.0 Å². The number of alkyl halides is 3. The number of carbonyl (C=O) groups is 1. The molecule has 0 spiro atoms. The Morgan fingerprint density at radius 2 is 2.04 bits per heavy atom. The topological polar surface area (TPSA) is 45.2 Å². The second-order valence-electron chi connectivity index (χ2n) is 5.96. The van der Waals surface area contributed by atoms with Gasteiger partial charge in [-0.05, 0) is 44.0 Å². The lowest BCUT2D eigenvalue weighted by molar-refractivity contribution is -0.149. The highest BCUT2D eigenvalue weighted by molar-refractivity contribution is 5.76. The minimum atomic E-state index is -4.14. The normalized spacial score (nSPS) is 17.2. The Morgan fingerprint density at radius 1 is 1.30 bits per heavy atom. The largest absolute Gasteiger partial charge is 0.401 e. The van der Waals surface area contributed by atoms with Crippen molar-refractivity contribution in [3.05, 3.63) is 30.1 Å². The van der Waals surface area contributed by atoms with Gasteiger partial charge in [0.15, 0.2) is 0 Å². The molecule has 1 aliphatic rings.